The molecule has 0 spiro atoms. The highest BCUT2D eigenvalue weighted by atomic mass is 32.2. The molecule has 2 N–H and O–H groups in total. The van der Waals surface area contributed by atoms with Crippen LogP contribution in [0.2, 0.25) is 0 Å². The molecule has 1 aliphatic rings. The minimum atomic E-state index is -3.20. The lowest BCUT2D eigenvalue weighted by molar-refractivity contribution is -0.137. The van der Waals surface area contributed by atoms with Crippen LogP contribution in [0.25, 0.3) is 0 Å². The van der Waals surface area contributed by atoms with Crippen molar-refractivity contribution < 1.29 is 27.5 Å². The van der Waals surface area contributed by atoms with Crippen LogP contribution in [0.5, 0.6) is 0 Å². The standard InChI is InChI=1S/C14H16FNO5S/c15-11-3-1-9(2-4-11)12(7-13(17)18)16-14(19)10-5-6-22(20,21)8-10/h1-4,10,12H,5-8H2,(H,16,19)(H,17,18)/t10-,12+/m0/s1. The van der Waals surface area contributed by atoms with E-state index in [-0.39, 0.29) is 24.3 Å². The minimum absolute atomic E-state index is 0.0365. The number of nitrogens with one attached hydrogen (secondary N) is 1. The molecule has 6 nitrogen and oxygen atoms in total. The van der Waals surface area contributed by atoms with E-state index < -0.39 is 39.5 Å². The average Bonchev–Trinajstić information content (AvgIpc) is 2.79. The summed E-state index contributed by atoms with van der Waals surface area (Å²) in [6, 6.07) is 4.32. The highest BCUT2D eigenvalue weighted by Gasteiger charge is 2.34. The number of sulfone groups is 1. The largest absolute Gasteiger partial charge is 0.481 e. The number of carboxylic acids is 1. The van der Waals surface area contributed by atoms with Crippen molar-refractivity contribution >= 4 is 21.7 Å². The van der Waals surface area contributed by atoms with Crippen LogP contribution in [0.3, 0.4) is 0 Å². The highest BCUT2D eigenvalue weighted by molar-refractivity contribution is 7.91. The van der Waals surface area contributed by atoms with Crippen molar-refractivity contribution in [3.63, 3.8) is 0 Å². The second-order valence-corrected chi connectivity index (χ2v) is 7.54. The Hall–Kier alpha value is -1.96. The first kappa shape index (κ1) is 16.4. The van der Waals surface area contributed by atoms with Gasteiger partial charge in [-0.3, -0.25) is 9.59 Å². The van der Waals surface area contributed by atoms with Crippen LogP contribution < -0.4 is 5.32 Å². The summed E-state index contributed by atoms with van der Waals surface area (Å²) in [5, 5.41) is 11.5. The molecule has 2 atom stereocenters. The van der Waals surface area contributed by atoms with E-state index in [1.54, 1.807) is 0 Å². The van der Waals surface area contributed by atoms with E-state index in [9.17, 15) is 22.4 Å². The molecular weight excluding hydrogens is 313 g/mol. The van der Waals surface area contributed by atoms with Crippen molar-refractivity contribution in [2.45, 2.75) is 18.9 Å². The predicted octanol–water partition coefficient (Wildman–Crippen LogP) is 0.892. The van der Waals surface area contributed by atoms with E-state index >= 15 is 0 Å². The zero-order chi connectivity index (χ0) is 16.3. The zero-order valence-electron chi connectivity index (χ0n) is 11.7. The van der Waals surface area contributed by atoms with E-state index in [0.29, 0.717) is 5.56 Å². The summed E-state index contributed by atoms with van der Waals surface area (Å²) in [6.45, 7) is 0. The third-order valence-electron chi connectivity index (χ3n) is 3.57. The molecule has 0 radical (unpaired) electrons. The van der Waals surface area contributed by atoms with Gasteiger partial charge in [-0.05, 0) is 24.1 Å². The molecule has 1 saturated heterocycles. The van der Waals surface area contributed by atoms with Gasteiger partial charge in [-0.15, -0.1) is 0 Å². The molecule has 0 unspecified atom stereocenters. The number of aliphatic carboxylic acids is 1. The first-order chi connectivity index (χ1) is 10.3. The number of rotatable bonds is 5. The normalized spacial score (nSPS) is 21.2. The Morgan fingerprint density at radius 1 is 1.32 bits per heavy atom. The molecule has 120 valence electrons. The van der Waals surface area contributed by atoms with Crippen molar-refractivity contribution in [1.82, 2.24) is 5.32 Å². The summed E-state index contributed by atoms with van der Waals surface area (Å²) in [4.78, 5) is 23.1. The number of carbonyl (C=O) groups is 2. The second kappa shape index (κ2) is 6.43. The number of amides is 1. The molecule has 22 heavy (non-hydrogen) atoms. The van der Waals surface area contributed by atoms with Gasteiger partial charge in [0.25, 0.3) is 0 Å². The van der Waals surface area contributed by atoms with Gasteiger partial charge in [0.2, 0.25) is 5.91 Å². The summed E-state index contributed by atoms with van der Waals surface area (Å²) in [5.41, 5.74) is 0.456. The third kappa shape index (κ3) is 4.27. The fourth-order valence-electron chi connectivity index (χ4n) is 2.41. The van der Waals surface area contributed by atoms with Gasteiger partial charge in [-0.2, -0.15) is 0 Å². The Bertz CT molecular complexity index is 671. The van der Waals surface area contributed by atoms with Gasteiger partial charge in [-0.1, -0.05) is 12.1 Å². The Morgan fingerprint density at radius 3 is 2.45 bits per heavy atom. The third-order valence-corrected chi connectivity index (χ3v) is 5.34. The summed E-state index contributed by atoms with van der Waals surface area (Å²) >= 11 is 0. The molecule has 1 aromatic rings. The van der Waals surface area contributed by atoms with Crippen LogP contribution in [0.1, 0.15) is 24.4 Å². The van der Waals surface area contributed by atoms with E-state index in [4.69, 9.17) is 5.11 Å². The van der Waals surface area contributed by atoms with E-state index in [1.807, 2.05) is 0 Å². The van der Waals surface area contributed by atoms with Gasteiger partial charge < -0.3 is 10.4 Å². The quantitative estimate of drug-likeness (QED) is 0.835. The van der Waals surface area contributed by atoms with Crippen molar-refractivity contribution in [3.8, 4) is 0 Å². The first-order valence-corrected chi connectivity index (χ1v) is 8.57. The zero-order valence-corrected chi connectivity index (χ0v) is 12.5. The Balaban J connectivity index is 2.11. The topological polar surface area (TPSA) is 101 Å². The number of carbonyl (C=O) groups excluding carboxylic acids is 1. The Kier molecular flexibility index (Phi) is 4.80. The number of hydrogen-bond donors (Lipinski definition) is 2. The molecule has 1 amide bonds. The van der Waals surface area contributed by atoms with Gasteiger partial charge in [0.15, 0.2) is 9.84 Å². The molecule has 0 saturated carbocycles. The SMILES string of the molecule is O=C(O)C[C@@H](NC(=O)[C@H]1CCS(=O)(=O)C1)c1ccc(F)cc1. The summed E-state index contributed by atoms with van der Waals surface area (Å²) < 4.78 is 35.7. The second-order valence-electron chi connectivity index (χ2n) is 5.31. The smallest absolute Gasteiger partial charge is 0.305 e. The van der Waals surface area contributed by atoms with Gasteiger partial charge in [0.1, 0.15) is 5.82 Å². The summed E-state index contributed by atoms with van der Waals surface area (Å²) in [7, 11) is -3.20. The fourth-order valence-corrected chi connectivity index (χ4v) is 4.15. The molecule has 0 aromatic heterocycles. The predicted molar refractivity (Wildman–Crippen MR) is 76.3 cm³/mol. The molecule has 1 aliphatic heterocycles. The summed E-state index contributed by atoms with van der Waals surface area (Å²) in [6.07, 6.45) is -0.131. The van der Waals surface area contributed by atoms with E-state index in [0.717, 1.165) is 0 Å². The van der Waals surface area contributed by atoms with Crippen LogP contribution in [-0.2, 0) is 19.4 Å². The number of carboxylic acid groups (broad SMARTS) is 1. The number of hydrogen-bond acceptors (Lipinski definition) is 4. The maximum atomic E-state index is 12.9. The maximum absolute atomic E-state index is 12.9. The number of benzene rings is 1. The highest BCUT2D eigenvalue weighted by Crippen LogP contribution is 2.22. The molecule has 0 aliphatic carbocycles. The first-order valence-electron chi connectivity index (χ1n) is 6.75. The van der Waals surface area contributed by atoms with Gasteiger partial charge >= 0.3 is 5.97 Å². The molecule has 0 bridgehead atoms. The summed E-state index contributed by atoms with van der Waals surface area (Å²) in [5.74, 6) is -2.99. The molecular formula is C14H16FNO5S. The minimum Gasteiger partial charge on any atom is -0.481 e. The van der Waals surface area contributed by atoms with Crippen LogP contribution in [-0.4, -0.2) is 36.9 Å². The fraction of sp³-hybridized carbons (Fsp3) is 0.429. The van der Waals surface area contributed by atoms with Gasteiger partial charge in [0, 0.05) is 0 Å². The van der Waals surface area contributed by atoms with Crippen LogP contribution in [0.4, 0.5) is 4.39 Å². The van der Waals surface area contributed by atoms with Crippen molar-refractivity contribution in [3.05, 3.63) is 35.6 Å². The van der Waals surface area contributed by atoms with Gasteiger partial charge in [0.05, 0.1) is 29.9 Å². The van der Waals surface area contributed by atoms with E-state index in [1.165, 1.54) is 24.3 Å². The van der Waals surface area contributed by atoms with E-state index in [2.05, 4.69) is 5.32 Å². The molecule has 8 heteroatoms. The van der Waals surface area contributed by atoms with Crippen LogP contribution in [0.15, 0.2) is 24.3 Å². The maximum Gasteiger partial charge on any atom is 0.305 e. The molecule has 1 aromatic carbocycles. The Labute approximate surface area is 127 Å². The lowest BCUT2D eigenvalue weighted by Crippen LogP contribution is -2.35. The van der Waals surface area contributed by atoms with Crippen LogP contribution in [0, 0.1) is 11.7 Å². The molecule has 2 rings (SSSR count). The monoisotopic (exact) mass is 329 g/mol. The van der Waals surface area contributed by atoms with Crippen molar-refractivity contribution in [1.29, 1.82) is 0 Å². The number of halogens is 1. The molecule has 1 heterocycles. The molecule has 1 fully saturated rings. The lowest BCUT2D eigenvalue weighted by atomic mass is 10.0. The van der Waals surface area contributed by atoms with Crippen LogP contribution >= 0.6 is 0 Å². The van der Waals surface area contributed by atoms with Crippen molar-refractivity contribution in [2.75, 3.05) is 11.5 Å². The lowest BCUT2D eigenvalue weighted by Gasteiger charge is -2.19. The average molecular weight is 329 g/mol. The van der Waals surface area contributed by atoms with Gasteiger partial charge in [-0.25, -0.2) is 12.8 Å². The van der Waals surface area contributed by atoms with Crippen molar-refractivity contribution in [2.24, 2.45) is 5.92 Å². The Morgan fingerprint density at radius 2 is 1.95 bits per heavy atom.